The van der Waals surface area contributed by atoms with Gasteiger partial charge in [-0.05, 0) is 30.3 Å². The SMILES string of the molecule is COc1cc(C=O)ccc1OCC(=O)Nc1cccc(Cl)c1Cl. The number of hydrogen-bond acceptors (Lipinski definition) is 4. The fraction of sp³-hybridized carbons (Fsp3) is 0.125. The molecule has 0 aliphatic rings. The Bertz CT molecular complexity index is 734. The van der Waals surface area contributed by atoms with Crippen molar-refractivity contribution in [2.45, 2.75) is 0 Å². The van der Waals surface area contributed by atoms with Crippen molar-refractivity contribution in [3.05, 3.63) is 52.0 Å². The van der Waals surface area contributed by atoms with Crippen molar-refractivity contribution in [1.82, 2.24) is 0 Å². The molecule has 23 heavy (non-hydrogen) atoms. The molecule has 7 heteroatoms. The van der Waals surface area contributed by atoms with Crippen LogP contribution in [0.1, 0.15) is 10.4 Å². The Labute approximate surface area is 143 Å². The standard InChI is InChI=1S/C16H13Cl2NO4/c1-22-14-7-10(8-20)5-6-13(14)23-9-15(21)19-12-4-2-3-11(17)16(12)18/h2-8H,9H2,1H3,(H,19,21). The summed E-state index contributed by atoms with van der Waals surface area (Å²) in [6.07, 6.45) is 0.695. The first kappa shape index (κ1) is 17.1. The maximum absolute atomic E-state index is 11.9. The summed E-state index contributed by atoms with van der Waals surface area (Å²) in [6.45, 7) is -0.250. The third-order valence-corrected chi connectivity index (χ3v) is 3.73. The van der Waals surface area contributed by atoms with E-state index in [-0.39, 0.29) is 11.6 Å². The molecule has 2 rings (SSSR count). The van der Waals surface area contributed by atoms with Crippen LogP contribution in [0.15, 0.2) is 36.4 Å². The summed E-state index contributed by atoms with van der Waals surface area (Å²) in [5.74, 6) is 0.310. The summed E-state index contributed by atoms with van der Waals surface area (Å²) in [5, 5.41) is 3.21. The predicted octanol–water partition coefficient (Wildman–Crippen LogP) is 3.83. The highest BCUT2D eigenvalue weighted by molar-refractivity contribution is 6.43. The summed E-state index contributed by atoms with van der Waals surface area (Å²) >= 11 is 11.9. The molecule has 2 aromatic carbocycles. The lowest BCUT2D eigenvalue weighted by molar-refractivity contribution is -0.118. The van der Waals surface area contributed by atoms with Crippen LogP contribution in [0, 0.1) is 0 Å². The minimum Gasteiger partial charge on any atom is -0.493 e. The van der Waals surface area contributed by atoms with Crippen LogP contribution in [0.5, 0.6) is 11.5 Å². The number of hydrogen-bond donors (Lipinski definition) is 1. The van der Waals surface area contributed by atoms with Crippen LogP contribution in [0.4, 0.5) is 5.69 Å². The number of aldehydes is 1. The first-order valence-electron chi connectivity index (χ1n) is 6.55. The van der Waals surface area contributed by atoms with Gasteiger partial charge in [-0.25, -0.2) is 0 Å². The van der Waals surface area contributed by atoms with Gasteiger partial charge in [0.05, 0.1) is 22.8 Å². The molecule has 0 aromatic heterocycles. The van der Waals surface area contributed by atoms with E-state index >= 15 is 0 Å². The lowest BCUT2D eigenvalue weighted by Crippen LogP contribution is -2.20. The average Bonchev–Trinajstić information content (AvgIpc) is 2.57. The van der Waals surface area contributed by atoms with Crippen molar-refractivity contribution >= 4 is 41.1 Å². The molecular formula is C16H13Cl2NO4. The number of carbonyl (C=O) groups excluding carboxylic acids is 2. The van der Waals surface area contributed by atoms with Crippen LogP contribution >= 0.6 is 23.2 Å². The Morgan fingerprint density at radius 3 is 2.70 bits per heavy atom. The second kappa shape index (κ2) is 7.85. The number of halogens is 2. The zero-order valence-electron chi connectivity index (χ0n) is 12.1. The molecule has 0 radical (unpaired) electrons. The number of carbonyl (C=O) groups is 2. The molecule has 0 saturated carbocycles. The van der Waals surface area contributed by atoms with Gasteiger partial charge < -0.3 is 14.8 Å². The molecule has 0 unspecified atom stereocenters. The zero-order valence-corrected chi connectivity index (χ0v) is 13.6. The Hall–Kier alpha value is -2.24. The number of amides is 1. The van der Waals surface area contributed by atoms with Crippen LogP contribution in [-0.2, 0) is 4.79 Å². The number of ether oxygens (including phenoxy) is 2. The molecule has 2 aromatic rings. The van der Waals surface area contributed by atoms with Crippen LogP contribution in [-0.4, -0.2) is 25.9 Å². The summed E-state index contributed by atoms with van der Waals surface area (Å²) in [5.41, 5.74) is 0.848. The Kier molecular flexibility index (Phi) is 5.84. The van der Waals surface area contributed by atoms with Crippen molar-refractivity contribution in [2.75, 3.05) is 19.0 Å². The largest absolute Gasteiger partial charge is 0.493 e. The van der Waals surface area contributed by atoms with Crippen molar-refractivity contribution in [3.63, 3.8) is 0 Å². The topological polar surface area (TPSA) is 64.6 Å². The molecule has 5 nitrogen and oxygen atoms in total. The van der Waals surface area contributed by atoms with E-state index in [1.165, 1.54) is 13.2 Å². The second-order valence-corrected chi connectivity index (χ2v) is 5.25. The molecule has 0 aliphatic carbocycles. The molecule has 120 valence electrons. The number of nitrogens with one attached hydrogen (secondary N) is 1. The summed E-state index contributed by atoms with van der Waals surface area (Å²) < 4.78 is 10.5. The van der Waals surface area contributed by atoms with Gasteiger partial charge in [0.15, 0.2) is 18.1 Å². The lowest BCUT2D eigenvalue weighted by atomic mass is 10.2. The molecule has 1 amide bonds. The van der Waals surface area contributed by atoms with Gasteiger partial charge in [0, 0.05) is 5.56 Å². The van der Waals surface area contributed by atoms with E-state index in [0.29, 0.717) is 34.1 Å². The lowest BCUT2D eigenvalue weighted by Gasteiger charge is -2.12. The Morgan fingerprint density at radius 2 is 2.00 bits per heavy atom. The third-order valence-electron chi connectivity index (χ3n) is 2.91. The minimum absolute atomic E-state index is 0.250. The first-order valence-corrected chi connectivity index (χ1v) is 7.30. The van der Waals surface area contributed by atoms with Gasteiger partial charge in [-0.1, -0.05) is 29.3 Å². The van der Waals surface area contributed by atoms with E-state index in [4.69, 9.17) is 32.7 Å². The van der Waals surface area contributed by atoms with Gasteiger partial charge >= 0.3 is 0 Å². The minimum atomic E-state index is -0.407. The number of anilines is 1. The molecule has 0 aliphatic heterocycles. The molecule has 0 fully saturated rings. The van der Waals surface area contributed by atoms with E-state index in [2.05, 4.69) is 5.32 Å². The van der Waals surface area contributed by atoms with Crippen LogP contribution in [0.25, 0.3) is 0 Å². The van der Waals surface area contributed by atoms with Crippen LogP contribution < -0.4 is 14.8 Å². The highest BCUT2D eigenvalue weighted by Crippen LogP contribution is 2.30. The monoisotopic (exact) mass is 353 g/mol. The normalized spacial score (nSPS) is 10.0. The number of rotatable bonds is 6. The van der Waals surface area contributed by atoms with Gasteiger partial charge in [0.2, 0.25) is 0 Å². The quantitative estimate of drug-likeness (QED) is 0.801. The molecule has 0 saturated heterocycles. The van der Waals surface area contributed by atoms with E-state index in [1.54, 1.807) is 30.3 Å². The van der Waals surface area contributed by atoms with E-state index in [0.717, 1.165) is 0 Å². The van der Waals surface area contributed by atoms with Crippen molar-refractivity contribution in [2.24, 2.45) is 0 Å². The van der Waals surface area contributed by atoms with Crippen molar-refractivity contribution < 1.29 is 19.1 Å². The molecular weight excluding hydrogens is 341 g/mol. The summed E-state index contributed by atoms with van der Waals surface area (Å²) in [4.78, 5) is 22.7. The fourth-order valence-corrected chi connectivity index (χ4v) is 2.15. The van der Waals surface area contributed by atoms with Crippen molar-refractivity contribution in [3.8, 4) is 11.5 Å². The average molecular weight is 354 g/mol. The predicted molar refractivity (Wildman–Crippen MR) is 89.0 cm³/mol. The molecule has 0 heterocycles. The first-order chi connectivity index (χ1) is 11.0. The van der Waals surface area contributed by atoms with Crippen molar-refractivity contribution in [1.29, 1.82) is 0 Å². The van der Waals surface area contributed by atoms with Gasteiger partial charge in [0.25, 0.3) is 5.91 Å². The van der Waals surface area contributed by atoms with Gasteiger partial charge in [-0.3, -0.25) is 9.59 Å². The fourth-order valence-electron chi connectivity index (χ4n) is 1.81. The summed E-state index contributed by atoms with van der Waals surface area (Å²) in [6, 6.07) is 9.57. The summed E-state index contributed by atoms with van der Waals surface area (Å²) in [7, 11) is 1.45. The van der Waals surface area contributed by atoms with Crippen LogP contribution in [0.2, 0.25) is 10.0 Å². The smallest absolute Gasteiger partial charge is 0.262 e. The molecule has 0 bridgehead atoms. The molecule has 1 N–H and O–H groups in total. The van der Waals surface area contributed by atoms with E-state index < -0.39 is 5.91 Å². The second-order valence-electron chi connectivity index (χ2n) is 4.47. The molecule has 0 spiro atoms. The molecule has 0 atom stereocenters. The number of methoxy groups -OCH3 is 1. The zero-order chi connectivity index (χ0) is 16.8. The van der Waals surface area contributed by atoms with Gasteiger partial charge in [-0.2, -0.15) is 0 Å². The maximum Gasteiger partial charge on any atom is 0.262 e. The van der Waals surface area contributed by atoms with Gasteiger partial charge in [0.1, 0.15) is 6.29 Å². The Morgan fingerprint density at radius 1 is 1.22 bits per heavy atom. The number of benzene rings is 2. The Balaban J connectivity index is 2.02. The van der Waals surface area contributed by atoms with Crippen LogP contribution in [0.3, 0.4) is 0 Å². The van der Waals surface area contributed by atoms with Gasteiger partial charge in [-0.15, -0.1) is 0 Å². The highest BCUT2D eigenvalue weighted by atomic mass is 35.5. The maximum atomic E-state index is 11.9. The third kappa shape index (κ3) is 4.37. The highest BCUT2D eigenvalue weighted by Gasteiger charge is 2.11. The van der Waals surface area contributed by atoms with E-state index in [1.807, 2.05) is 0 Å². The van der Waals surface area contributed by atoms with E-state index in [9.17, 15) is 9.59 Å².